The maximum absolute atomic E-state index is 13.8. The molecule has 1 unspecified atom stereocenters. The van der Waals surface area contributed by atoms with Gasteiger partial charge in [-0.25, -0.2) is 4.39 Å². The highest BCUT2D eigenvalue weighted by Crippen LogP contribution is 2.38. The normalized spacial score (nSPS) is 21.4. The van der Waals surface area contributed by atoms with Gasteiger partial charge in [0.15, 0.2) is 11.6 Å². The minimum absolute atomic E-state index is 0.00992. The average Bonchev–Trinajstić information content (AvgIpc) is 2.84. The summed E-state index contributed by atoms with van der Waals surface area (Å²) in [6, 6.07) is 2.89. The van der Waals surface area contributed by atoms with Crippen molar-refractivity contribution in [2.75, 3.05) is 37.4 Å². The summed E-state index contributed by atoms with van der Waals surface area (Å²) in [6.45, 7) is 5.36. The van der Waals surface area contributed by atoms with Crippen LogP contribution in [0.25, 0.3) is 0 Å². The highest BCUT2D eigenvalue weighted by atomic mass is 19.1. The van der Waals surface area contributed by atoms with E-state index in [9.17, 15) is 9.18 Å². The Morgan fingerprint density at radius 3 is 2.90 bits per heavy atom. The first-order valence-electron chi connectivity index (χ1n) is 7.10. The van der Waals surface area contributed by atoms with Gasteiger partial charge >= 0.3 is 0 Å². The van der Waals surface area contributed by atoms with Crippen molar-refractivity contribution in [1.29, 1.82) is 0 Å². The molecule has 0 radical (unpaired) electrons. The topological polar surface area (TPSA) is 67.6 Å². The van der Waals surface area contributed by atoms with Crippen LogP contribution < -0.4 is 20.7 Å². The molecule has 0 saturated carbocycles. The molecule has 1 atom stereocenters. The van der Waals surface area contributed by atoms with Crippen LogP contribution in [-0.2, 0) is 4.79 Å². The maximum Gasteiger partial charge on any atom is 0.227 e. The van der Waals surface area contributed by atoms with E-state index >= 15 is 0 Å². The van der Waals surface area contributed by atoms with Gasteiger partial charge in [-0.3, -0.25) is 4.79 Å². The van der Waals surface area contributed by atoms with E-state index in [1.165, 1.54) is 6.07 Å². The number of carbonyl (C=O) groups is 1. The molecule has 0 aliphatic carbocycles. The zero-order valence-electron chi connectivity index (χ0n) is 12.7. The highest BCUT2D eigenvalue weighted by Gasteiger charge is 2.40. The number of nitrogen functional groups attached to an aromatic ring is 1. The molecule has 2 rings (SSSR count). The van der Waals surface area contributed by atoms with Gasteiger partial charge in [-0.15, -0.1) is 0 Å². The lowest BCUT2D eigenvalue weighted by Gasteiger charge is -2.25. The summed E-state index contributed by atoms with van der Waals surface area (Å²) in [5.41, 5.74) is 6.54. The fourth-order valence-corrected chi connectivity index (χ4v) is 2.75. The molecule has 21 heavy (non-hydrogen) atoms. The van der Waals surface area contributed by atoms with Crippen LogP contribution in [0.5, 0.6) is 5.75 Å². The number of carbonyl (C=O) groups excluding carboxylic acids is 1. The first-order valence-corrected chi connectivity index (χ1v) is 7.10. The van der Waals surface area contributed by atoms with Crippen molar-refractivity contribution in [3.8, 4) is 5.75 Å². The molecule has 1 amide bonds. The minimum atomic E-state index is -0.466. The maximum atomic E-state index is 13.8. The predicted molar refractivity (Wildman–Crippen MR) is 81.0 cm³/mol. The van der Waals surface area contributed by atoms with Gasteiger partial charge in [-0.05, 0) is 20.3 Å². The van der Waals surface area contributed by atoms with Crippen LogP contribution in [0, 0.1) is 11.2 Å². The number of ether oxygens (including phenoxy) is 1. The summed E-state index contributed by atoms with van der Waals surface area (Å²) >= 11 is 0. The van der Waals surface area contributed by atoms with Gasteiger partial charge in [0.2, 0.25) is 5.91 Å². The zero-order chi connectivity index (χ0) is 15.6. The molecule has 1 heterocycles. The van der Waals surface area contributed by atoms with Gasteiger partial charge in [0, 0.05) is 32.3 Å². The Bertz CT molecular complexity index is 550. The third kappa shape index (κ3) is 2.89. The van der Waals surface area contributed by atoms with Gasteiger partial charge in [0.1, 0.15) is 0 Å². The second-order valence-electron chi connectivity index (χ2n) is 5.59. The van der Waals surface area contributed by atoms with Crippen LogP contribution in [0.3, 0.4) is 0 Å². The number of nitrogens with zero attached hydrogens (tertiary/aromatic N) is 1. The van der Waals surface area contributed by atoms with Gasteiger partial charge in [-0.2, -0.15) is 0 Å². The number of hydrogen-bond acceptors (Lipinski definition) is 4. The lowest BCUT2D eigenvalue weighted by molar-refractivity contribution is -0.128. The molecule has 1 aromatic carbocycles. The Labute approximate surface area is 124 Å². The second kappa shape index (κ2) is 5.79. The number of hydrogen-bond donors (Lipinski definition) is 2. The van der Waals surface area contributed by atoms with Crippen LogP contribution in [-0.4, -0.2) is 32.7 Å². The summed E-state index contributed by atoms with van der Waals surface area (Å²) in [5, 5.41) is 2.69. The molecule has 1 fully saturated rings. The molecule has 1 aliphatic rings. The Morgan fingerprint density at radius 2 is 2.29 bits per heavy atom. The molecule has 0 aromatic heterocycles. The molecule has 116 valence electrons. The minimum Gasteiger partial charge on any atom is -0.491 e. The molecule has 5 nitrogen and oxygen atoms in total. The van der Waals surface area contributed by atoms with Crippen LogP contribution in [0.15, 0.2) is 12.1 Å². The predicted octanol–water partition coefficient (Wildman–Crippen LogP) is 1.77. The summed E-state index contributed by atoms with van der Waals surface area (Å²) in [7, 11) is 1.63. The van der Waals surface area contributed by atoms with Crippen molar-refractivity contribution in [3.63, 3.8) is 0 Å². The lowest BCUT2D eigenvalue weighted by atomic mass is 9.89. The third-order valence-corrected chi connectivity index (χ3v) is 3.97. The summed E-state index contributed by atoms with van der Waals surface area (Å²) in [4.78, 5) is 14.0. The molecule has 1 aromatic rings. The fraction of sp³-hybridized carbons (Fsp3) is 0.533. The van der Waals surface area contributed by atoms with Gasteiger partial charge < -0.3 is 20.7 Å². The van der Waals surface area contributed by atoms with E-state index < -0.39 is 11.2 Å². The summed E-state index contributed by atoms with van der Waals surface area (Å²) < 4.78 is 19.0. The fourth-order valence-electron chi connectivity index (χ4n) is 2.75. The van der Waals surface area contributed by atoms with Gasteiger partial charge in [-0.1, -0.05) is 0 Å². The number of anilines is 2. The van der Waals surface area contributed by atoms with Crippen LogP contribution >= 0.6 is 0 Å². The van der Waals surface area contributed by atoms with E-state index in [0.717, 1.165) is 6.42 Å². The molecule has 0 bridgehead atoms. The number of nitrogens with one attached hydrogen (secondary N) is 1. The van der Waals surface area contributed by atoms with Crippen molar-refractivity contribution in [3.05, 3.63) is 17.9 Å². The smallest absolute Gasteiger partial charge is 0.227 e. The van der Waals surface area contributed by atoms with E-state index in [2.05, 4.69) is 5.32 Å². The van der Waals surface area contributed by atoms with Crippen LogP contribution in [0.2, 0.25) is 0 Å². The van der Waals surface area contributed by atoms with Gasteiger partial charge in [0.25, 0.3) is 0 Å². The molecule has 6 heteroatoms. The van der Waals surface area contributed by atoms with Crippen molar-refractivity contribution in [1.82, 2.24) is 5.32 Å². The Morgan fingerprint density at radius 1 is 1.57 bits per heavy atom. The Kier molecular flexibility index (Phi) is 4.25. The molecule has 1 saturated heterocycles. The van der Waals surface area contributed by atoms with Crippen LogP contribution in [0.4, 0.5) is 15.8 Å². The van der Waals surface area contributed by atoms with E-state index in [1.807, 2.05) is 11.8 Å². The Balaban J connectivity index is 2.27. The quantitative estimate of drug-likeness (QED) is 0.831. The van der Waals surface area contributed by atoms with E-state index in [0.29, 0.717) is 31.1 Å². The molecule has 3 N–H and O–H groups in total. The molecular formula is C15H22FN3O2. The number of benzene rings is 1. The van der Waals surface area contributed by atoms with Gasteiger partial charge in [0.05, 0.1) is 23.4 Å². The van der Waals surface area contributed by atoms with E-state index in [4.69, 9.17) is 10.5 Å². The number of nitrogens with two attached hydrogens (primary N) is 1. The molecule has 0 spiro atoms. The first kappa shape index (κ1) is 15.4. The van der Waals surface area contributed by atoms with Crippen molar-refractivity contribution >= 4 is 17.3 Å². The first-order chi connectivity index (χ1) is 9.91. The van der Waals surface area contributed by atoms with E-state index in [-0.39, 0.29) is 11.7 Å². The van der Waals surface area contributed by atoms with Crippen molar-refractivity contribution < 1.29 is 13.9 Å². The summed E-state index contributed by atoms with van der Waals surface area (Å²) in [6.07, 6.45) is 0.730. The Hall–Kier alpha value is -1.98. The molecule has 1 aliphatic heterocycles. The number of rotatable bonds is 4. The zero-order valence-corrected chi connectivity index (χ0v) is 12.7. The van der Waals surface area contributed by atoms with Crippen molar-refractivity contribution in [2.45, 2.75) is 20.3 Å². The SMILES string of the molecule is CCOc1cc(N2CCC(C)(C(=O)NC)C2)c(N)cc1F. The largest absolute Gasteiger partial charge is 0.491 e. The number of halogens is 1. The van der Waals surface area contributed by atoms with E-state index in [1.54, 1.807) is 20.0 Å². The standard InChI is InChI=1S/C15H22FN3O2/c1-4-21-13-8-12(11(17)7-10(13)16)19-6-5-15(2,9-19)14(20)18-3/h7-8H,4-6,9,17H2,1-3H3,(H,18,20). The number of amides is 1. The average molecular weight is 295 g/mol. The molecular weight excluding hydrogens is 273 g/mol. The lowest BCUT2D eigenvalue weighted by Crippen LogP contribution is -2.39. The highest BCUT2D eigenvalue weighted by molar-refractivity contribution is 5.84. The van der Waals surface area contributed by atoms with Crippen molar-refractivity contribution in [2.24, 2.45) is 5.41 Å². The van der Waals surface area contributed by atoms with Crippen LogP contribution in [0.1, 0.15) is 20.3 Å². The third-order valence-electron chi connectivity index (χ3n) is 3.97. The second-order valence-corrected chi connectivity index (χ2v) is 5.59. The monoisotopic (exact) mass is 295 g/mol. The summed E-state index contributed by atoms with van der Waals surface area (Å²) in [5.74, 6) is -0.266.